The van der Waals surface area contributed by atoms with Crippen LogP contribution in [0.4, 0.5) is 19.0 Å². The minimum absolute atomic E-state index is 0.0578. The number of hydrogen-bond acceptors (Lipinski definition) is 5. The van der Waals surface area contributed by atoms with E-state index in [-0.39, 0.29) is 29.2 Å². The minimum Gasteiger partial charge on any atom is -0.383 e. The highest BCUT2D eigenvalue weighted by Gasteiger charge is 2.35. The number of rotatable bonds is 5. The monoisotopic (exact) mass is 455 g/mol. The summed E-state index contributed by atoms with van der Waals surface area (Å²) in [6.45, 7) is 1.57. The van der Waals surface area contributed by atoms with Gasteiger partial charge in [-0.1, -0.05) is 30.1 Å². The zero-order valence-corrected chi connectivity index (χ0v) is 16.8. The van der Waals surface area contributed by atoms with Gasteiger partial charge in [0.25, 0.3) is 0 Å². The Balaban J connectivity index is 2.78. The first kappa shape index (κ1) is 22.3. The molecule has 0 fully saturated rings. The van der Waals surface area contributed by atoms with E-state index in [1.807, 2.05) is 0 Å². The van der Waals surface area contributed by atoms with Crippen LogP contribution in [0, 0.1) is 11.3 Å². The average Bonchev–Trinajstić information content (AvgIpc) is 2.91. The van der Waals surface area contributed by atoms with Gasteiger partial charge in [0.05, 0.1) is 21.2 Å². The average molecular weight is 456 g/mol. The zero-order chi connectivity index (χ0) is 21.4. The summed E-state index contributed by atoms with van der Waals surface area (Å²) in [5.74, 6) is -0.272. The Labute approximate surface area is 168 Å². The van der Waals surface area contributed by atoms with Crippen molar-refractivity contribution < 1.29 is 21.6 Å². The van der Waals surface area contributed by atoms with Crippen LogP contribution in [0.1, 0.15) is 35.4 Å². The highest BCUT2D eigenvalue weighted by molar-refractivity contribution is 7.89. The van der Waals surface area contributed by atoms with E-state index >= 15 is 0 Å². The molecular weight excluding hydrogens is 442 g/mol. The molecule has 2 rings (SSSR count). The van der Waals surface area contributed by atoms with Gasteiger partial charge in [0.15, 0.2) is 5.69 Å². The second-order valence-corrected chi connectivity index (χ2v) is 8.49. The van der Waals surface area contributed by atoms with Crippen molar-refractivity contribution in [2.45, 2.75) is 24.8 Å². The van der Waals surface area contributed by atoms with Crippen molar-refractivity contribution in [1.29, 1.82) is 5.26 Å². The summed E-state index contributed by atoms with van der Waals surface area (Å²) in [4.78, 5) is 0. The third kappa shape index (κ3) is 3.91. The molecule has 0 radical (unpaired) electrons. The van der Waals surface area contributed by atoms with Crippen molar-refractivity contribution in [3.05, 3.63) is 39.0 Å². The lowest BCUT2D eigenvalue weighted by Gasteiger charge is -2.16. The summed E-state index contributed by atoms with van der Waals surface area (Å²) >= 11 is 11.9. The molecule has 1 aromatic carbocycles. The number of sulfonamides is 1. The van der Waals surface area contributed by atoms with Crippen molar-refractivity contribution in [2.75, 3.05) is 12.8 Å². The lowest BCUT2D eigenvalue weighted by Crippen LogP contribution is -2.26. The molecule has 0 aliphatic rings. The smallest absolute Gasteiger partial charge is 0.383 e. The van der Waals surface area contributed by atoms with Crippen LogP contribution >= 0.6 is 23.2 Å². The first-order valence-electron chi connectivity index (χ1n) is 7.66. The van der Waals surface area contributed by atoms with E-state index in [4.69, 9.17) is 28.9 Å². The van der Waals surface area contributed by atoms with Gasteiger partial charge in [0, 0.05) is 0 Å². The predicted octanol–water partition coefficient (Wildman–Crippen LogP) is 3.65. The number of alkyl halides is 3. The van der Waals surface area contributed by atoms with Crippen LogP contribution in [0.25, 0.3) is 5.69 Å². The van der Waals surface area contributed by atoms with E-state index in [9.17, 15) is 26.9 Å². The Morgan fingerprint density at radius 3 is 2.29 bits per heavy atom. The molecule has 152 valence electrons. The third-order valence-corrected chi connectivity index (χ3v) is 6.44. The Morgan fingerprint density at radius 1 is 1.36 bits per heavy atom. The molecule has 1 heterocycles. The summed E-state index contributed by atoms with van der Waals surface area (Å²) in [6.07, 6.45) is -4.62. The topological polar surface area (TPSA) is 114 Å². The predicted molar refractivity (Wildman–Crippen MR) is 98.7 cm³/mol. The van der Waals surface area contributed by atoms with Gasteiger partial charge in [-0.25, -0.2) is 17.8 Å². The summed E-state index contributed by atoms with van der Waals surface area (Å²) in [6, 6.07) is 3.01. The van der Waals surface area contributed by atoms with Gasteiger partial charge < -0.3 is 5.73 Å². The molecule has 0 bridgehead atoms. The quantitative estimate of drug-likeness (QED) is 0.713. The van der Waals surface area contributed by atoms with E-state index < -0.39 is 37.1 Å². The fraction of sp³-hybridized carbons (Fsp3) is 0.333. The number of nitrogens with zero attached hydrogens (tertiary/aromatic N) is 3. The molecule has 0 spiro atoms. The molecule has 0 saturated carbocycles. The van der Waals surface area contributed by atoms with E-state index in [2.05, 4.69) is 9.82 Å². The van der Waals surface area contributed by atoms with Crippen molar-refractivity contribution in [2.24, 2.45) is 0 Å². The molecule has 28 heavy (non-hydrogen) atoms. The Morgan fingerprint density at radius 2 is 1.89 bits per heavy atom. The minimum atomic E-state index is -4.68. The summed E-state index contributed by atoms with van der Waals surface area (Å²) in [7, 11) is -2.68. The zero-order valence-electron chi connectivity index (χ0n) is 14.5. The molecule has 0 amide bonds. The number of nitriles is 1. The number of nitrogens with one attached hydrogen (secondary N) is 1. The number of hydrogen-bond donors (Lipinski definition) is 2. The molecule has 0 aliphatic carbocycles. The molecule has 0 saturated heterocycles. The first-order chi connectivity index (χ1) is 12.9. The molecule has 2 aromatic rings. The number of nitrogen functional groups attached to an aromatic ring is 1. The number of anilines is 1. The van der Waals surface area contributed by atoms with Gasteiger partial charge in [-0.05, 0) is 25.6 Å². The Kier molecular flexibility index (Phi) is 6.20. The normalized spacial score (nSPS) is 13.4. The maximum atomic E-state index is 12.9. The maximum absolute atomic E-state index is 12.9. The fourth-order valence-electron chi connectivity index (χ4n) is 2.67. The van der Waals surface area contributed by atoms with Gasteiger partial charge in [-0.3, -0.25) is 0 Å². The number of nitrogens with two attached hydrogens (primary N) is 1. The highest BCUT2D eigenvalue weighted by atomic mass is 35.5. The van der Waals surface area contributed by atoms with Gasteiger partial charge in [0.2, 0.25) is 10.0 Å². The molecular formula is C15H14Cl2F3N5O2S. The maximum Gasteiger partial charge on any atom is 0.416 e. The van der Waals surface area contributed by atoms with Crippen LogP contribution < -0.4 is 10.5 Å². The second-order valence-electron chi connectivity index (χ2n) is 5.60. The van der Waals surface area contributed by atoms with E-state index in [0.717, 1.165) is 4.68 Å². The van der Waals surface area contributed by atoms with Crippen LogP contribution in [-0.4, -0.2) is 25.2 Å². The fourth-order valence-corrected chi connectivity index (χ4v) is 4.58. The molecule has 7 nitrogen and oxygen atoms in total. The lowest BCUT2D eigenvalue weighted by molar-refractivity contribution is -0.137. The van der Waals surface area contributed by atoms with E-state index in [1.54, 1.807) is 13.0 Å². The van der Waals surface area contributed by atoms with Crippen LogP contribution in [0.15, 0.2) is 12.1 Å². The highest BCUT2D eigenvalue weighted by Crippen LogP contribution is 2.40. The van der Waals surface area contributed by atoms with Crippen LogP contribution in [0.5, 0.6) is 0 Å². The second kappa shape index (κ2) is 7.79. The molecule has 13 heteroatoms. The summed E-state index contributed by atoms with van der Waals surface area (Å²) < 4.78 is 66.4. The third-order valence-electron chi connectivity index (χ3n) is 3.97. The van der Waals surface area contributed by atoms with Gasteiger partial charge in [0.1, 0.15) is 22.8 Å². The Bertz CT molecular complexity index is 1040. The van der Waals surface area contributed by atoms with Gasteiger partial charge in [-0.15, -0.1) is 0 Å². The summed E-state index contributed by atoms with van der Waals surface area (Å²) in [5, 5.41) is 11.2. The molecule has 3 N–H and O–H groups in total. The van der Waals surface area contributed by atoms with E-state index in [0.29, 0.717) is 12.1 Å². The van der Waals surface area contributed by atoms with E-state index in [1.165, 1.54) is 7.05 Å². The molecule has 1 atom stereocenters. The molecule has 1 aromatic heterocycles. The largest absolute Gasteiger partial charge is 0.416 e. The van der Waals surface area contributed by atoms with Crippen molar-refractivity contribution >= 4 is 39.0 Å². The molecule has 0 aliphatic heterocycles. The lowest BCUT2D eigenvalue weighted by atomic mass is 10.1. The van der Waals surface area contributed by atoms with Crippen molar-refractivity contribution in [1.82, 2.24) is 14.5 Å². The van der Waals surface area contributed by atoms with Gasteiger partial charge in [-0.2, -0.15) is 23.5 Å². The standard InChI is InChI=1S/C15H14Cl2F3N5O2S/c1-3-11(28(26,27)23-2)12-10(6-21)24-25(14(12)22)13-8(16)4-7(5-9(13)17)15(18,19)20/h4-5,11,23H,3,22H2,1-2H3. The van der Waals surface area contributed by atoms with Gasteiger partial charge >= 0.3 is 6.18 Å². The van der Waals surface area contributed by atoms with Crippen LogP contribution in [0.3, 0.4) is 0 Å². The number of halogens is 5. The van der Waals surface area contributed by atoms with Crippen molar-refractivity contribution in [3.8, 4) is 11.8 Å². The SMILES string of the molecule is CCC(c1c(C#N)nn(-c2c(Cl)cc(C(F)(F)F)cc2Cl)c1N)S(=O)(=O)NC. The van der Waals surface area contributed by atoms with Crippen LogP contribution in [-0.2, 0) is 16.2 Å². The van der Waals surface area contributed by atoms with Crippen molar-refractivity contribution in [3.63, 3.8) is 0 Å². The Hall–Kier alpha value is -2.00. The number of benzene rings is 1. The number of aromatic nitrogens is 2. The first-order valence-corrected chi connectivity index (χ1v) is 9.96. The molecule has 1 unspecified atom stereocenters. The summed E-state index contributed by atoms with van der Waals surface area (Å²) in [5.41, 5.74) is 4.34. The van der Waals surface area contributed by atoms with Crippen LogP contribution in [0.2, 0.25) is 10.0 Å².